The zero-order valence-corrected chi connectivity index (χ0v) is 8.84. The Morgan fingerprint density at radius 1 is 1.46 bits per heavy atom. The molecule has 0 unspecified atom stereocenters. The van der Waals surface area contributed by atoms with E-state index in [0.717, 1.165) is 10.0 Å². The van der Waals surface area contributed by atoms with E-state index in [-0.39, 0.29) is 6.04 Å². The summed E-state index contributed by atoms with van der Waals surface area (Å²) in [5.74, 6) is 0. The summed E-state index contributed by atoms with van der Waals surface area (Å²) < 4.78 is 1.02. The molecule has 0 radical (unpaired) electrons. The van der Waals surface area contributed by atoms with Crippen molar-refractivity contribution >= 4 is 22.0 Å². The van der Waals surface area contributed by atoms with Gasteiger partial charge in [-0.05, 0) is 24.6 Å². The molecule has 1 rings (SSSR count). The maximum atomic E-state index is 10.6. The molecule has 1 aromatic rings. The average molecular weight is 243 g/mol. The Balaban J connectivity index is 2.71. The summed E-state index contributed by atoms with van der Waals surface area (Å²) in [6.07, 6.45) is 0. The van der Waals surface area contributed by atoms with Gasteiger partial charge in [0.15, 0.2) is 0 Å². The lowest BCUT2D eigenvalue weighted by atomic mass is 10.1. The predicted molar refractivity (Wildman–Crippen MR) is 55.3 cm³/mol. The maximum Gasteiger partial charge on any atom is 0.312 e. The van der Waals surface area contributed by atoms with Crippen molar-refractivity contribution in [2.24, 2.45) is 5.73 Å². The van der Waals surface area contributed by atoms with Crippen LogP contribution in [0.1, 0.15) is 18.5 Å². The fraction of sp³-hybridized carbons (Fsp3) is 0.222. The first kappa shape index (κ1) is 10.1. The van der Waals surface area contributed by atoms with E-state index in [1.54, 1.807) is 0 Å². The SMILES string of the molecule is C[C@H](NC(N)=O)c1ccc(Br)cc1. The highest BCUT2D eigenvalue weighted by atomic mass is 79.9. The number of amides is 2. The minimum absolute atomic E-state index is 0.0504. The van der Waals surface area contributed by atoms with Gasteiger partial charge in [-0.25, -0.2) is 4.79 Å². The molecule has 0 aliphatic heterocycles. The molecule has 0 heterocycles. The Labute approximate surface area is 85.4 Å². The van der Waals surface area contributed by atoms with Crippen LogP contribution in [0, 0.1) is 0 Å². The largest absolute Gasteiger partial charge is 0.352 e. The zero-order chi connectivity index (χ0) is 9.84. The van der Waals surface area contributed by atoms with Crippen molar-refractivity contribution < 1.29 is 4.79 Å². The molecular weight excluding hydrogens is 232 g/mol. The number of rotatable bonds is 2. The van der Waals surface area contributed by atoms with E-state index in [1.807, 2.05) is 31.2 Å². The highest BCUT2D eigenvalue weighted by Crippen LogP contribution is 2.15. The van der Waals surface area contributed by atoms with Gasteiger partial charge in [-0.1, -0.05) is 28.1 Å². The van der Waals surface area contributed by atoms with Gasteiger partial charge in [-0.2, -0.15) is 0 Å². The minimum atomic E-state index is -0.504. The van der Waals surface area contributed by atoms with Crippen LogP contribution in [-0.2, 0) is 0 Å². The van der Waals surface area contributed by atoms with Crippen LogP contribution in [0.15, 0.2) is 28.7 Å². The molecule has 70 valence electrons. The van der Waals surface area contributed by atoms with Crippen LogP contribution in [0.3, 0.4) is 0 Å². The second-order valence-corrected chi connectivity index (χ2v) is 3.70. The summed E-state index contributed by atoms with van der Waals surface area (Å²) in [4.78, 5) is 10.6. The molecule has 0 aliphatic carbocycles. The quantitative estimate of drug-likeness (QED) is 0.821. The van der Waals surface area contributed by atoms with Crippen LogP contribution in [0.25, 0.3) is 0 Å². The molecule has 0 aliphatic rings. The van der Waals surface area contributed by atoms with E-state index < -0.39 is 6.03 Å². The summed E-state index contributed by atoms with van der Waals surface area (Å²) in [7, 11) is 0. The Bertz CT molecular complexity index is 297. The number of urea groups is 1. The van der Waals surface area contributed by atoms with Crippen molar-refractivity contribution in [2.45, 2.75) is 13.0 Å². The molecule has 0 fully saturated rings. The van der Waals surface area contributed by atoms with Gasteiger partial charge in [-0.3, -0.25) is 0 Å². The van der Waals surface area contributed by atoms with E-state index in [2.05, 4.69) is 21.2 Å². The average Bonchev–Trinajstić information content (AvgIpc) is 2.04. The standard InChI is InChI=1S/C9H11BrN2O/c1-6(12-9(11)13)7-2-4-8(10)5-3-7/h2-6H,1H3,(H3,11,12,13)/t6-/m0/s1. The van der Waals surface area contributed by atoms with Crippen LogP contribution in [0.5, 0.6) is 0 Å². The van der Waals surface area contributed by atoms with Crippen molar-refractivity contribution in [2.75, 3.05) is 0 Å². The predicted octanol–water partition coefficient (Wildman–Crippen LogP) is 2.18. The molecule has 2 amide bonds. The number of benzene rings is 1. The molecule has 0 aromatic heterocycles. The van der Waals surface area contributed by atoms with Gasteiger partial charge in [0.25, 0.3) is 0 Å². The Morgan fingerprint density at radius 2 is 2.00 bits per heavy atom. The summed E-state index contributed by atoms with van der Waals surface area (Å²) in [5.41, 5.74) is 6.03. The van der Waals surface area contributed by atoms with Gasteiger partial charge < -0.3 is 11.1 Å². The van der Waals surface area contributed by atoms with Gasteiger partial charge >= 0.3 is 6.03 Å². The number of nitrogens with two attached hydrogens (primary N) is 1. The van der Waals surface area contributed by atoms with Crippen LogP contribution in [0.4, 0.5) is 4.79 Å². The van der Waals surface area contributed by atoms with Gasteiger partial charge in [-0.15, -0.1) is 0 Å². The Morgan fingerprint density at radius 3 is 2.46 bits per heavy atom. The van der Waals surface area contributed by atoms with Gasteiger partial charge in [0, 0.05) is 4.47 Å². The number of nitrogens with one attached hydrogen (secondary N) is 1. The lowest BCUT2D eigenvalue weighted by Gasteiger charge is -2.11. The van der Waals surface area contributed by atoms with E-state index in [0.29, 0.717) is 0 Å². The van der Waals surface area contributed by atoms with Crippen LogP contribution in [-0.4, -0.2) is 6.03 Å². The number of halogens is 1. The van der Waals surface area contributed by atoms with Gasteiger partial charge in [0.05, 0.1) is 6.04 Å². The van der Waals surface area contributed by atoms with Crippen molar-refractivity contribution in [1.82, 2.24) is 5.32 Å². The Kier molecular flexibility index (Phi) is 3.31. The summed E-state index contributed by atoms with van der Waals surface area (Å²) in [5, 5.41) is 2.60. The molecule has 3 N–H and O–H groups in total. The van der Waals surface area contributed by atoms with Gasteiger partial charge in [0.1, 0.15) is 0 Å². The van der Waals surface area contributed by atoms with Crippen molar-refractivity contribution in [1.29, 1.82) is 0 Å². The van der Waals surface area contributed by atoms with Crippen LogP contribution >= 0.6 is 15.9 Å². The van der Waals surface area contributed by atoms with Crippen molar-refractivity contribution in [3.05, 3.63) is 34.3 Å². The first-order valence-corrected chi connectivity index (χ1v) is 4.70. The molecule has 3 nitrogen and oxygen atoms in total. The summed E-state index contributed by atoms with van der Waals surface area (Å²) in [6.45, 7) is 1.88. The number of carbonyl (C=O) groups excluding carboxylic acids is 1. The van der Waals surface area contributed by atoms with Gasteiger partial charge in [0.2, 0.25) is 0 Å². The lowest BCUT2D eigenvalue weighted by Crippen LogP contribution is -2.31. The van der Waals surface area contributed by atoms with Crippen molar-refractivity contribution in [3.63, 3.8) is 0 Å². The highest BCUT2D eigenvalue weighted by molar-refractivity contribution is 9.10. The highest BCUT2D eigenvalue weighted by Gasteiger charge is 2.05. The third-order valence-corrected chi connectivity index (χ3v) is 2.26. The maximum absolute atomic E-state index is 10.6. The fourth-order valence-corrected chi connectivity index (χ4v) is 1.31. The first-order valence-electron chi connectivity index (χ1n) is 3.91. The zero-order valence-electron chi connectivity index (χ0n) is 7.25. The minimum Gasteiger partial charge on any atom is -0.352 e. The van der Waals surface area contributed by atoms with E-state index in [4.69, 9.17) is 5.73 Å². The molecule has 0 saturated carbocycles. The molecule has 0 bridgehead atoms. The second-order valence-electron chi connectivity index (χ2n) is 2.78. The van der Waals surface area contributed by atoms with E-state index in [1.165, 1.54) is 0 Å². The van der Waals surface area contributed by atoms with E-state index >= 15 is 0 Å². The molecular formula is C9H11BrN2O. The number of hydrogen-bond acceptors (Lipinski definition) is 1. The monoisotopic (exact) mass is 242 g/mol. The fourth-order valence-electron chi connectivity index (χ4n) is 1.05. The first-order chi connectivity index (χ1) is 6.09. The summed E-state index contributed by atoms with van der Waals surface area (Å²) in [6, 6.07) is 7.17. The number of primary amides is 1. The van der Waals surface area contributed by atoms with Crippen molar-refractivity contribution in [3.8, 4) is 0 Å². The second kappa shape index (κ2) is 4.28. The topological polar surface area (TPSA) is 55.1 Å². The van der Waals surface area contributed by atoms with Crippen LogP contribution in [0.2, 0.25) is 0 Å². The lowest BCUT2D eigenvalue weighted by molar-refractivity contribution is 0.246. The smallest absolute Gasteiger partial charge is 0.312 e. The summed E-state index contributed by atoms with van der Waals surface area (Å²) >= 11 is 3.33. The molecule has 4 heteroatoms. The number of carbonyl (C=O) groups is 1. The Hall–Kier alpha value is -1.03. The van der Waals surface area contributed by atoms with E-state index in [9.17, 15) is 4.79 Å². The molecule has 0 spiro atoms. The molecule has 0 saturated heterocycles. The molecule has 1 aromatic carbocycles. The van der Waals surface area contributed by atoms with Crippen LogP contribution < -0.4 is 11.1 Å². The number of hydrogen-bond donors (Lipinski definition) is 2. The molecule has 1 atom stereocenters. The third-order valence-electron chi connectivity index (χ3n) is 1.73. The molecule has 13 heavy (non-hydrogen) atoms. The normalized spacial score (nSPS) is 12.2. The third kappa shape index (κ3) is 3.06.